The van der Waals surface area contributed by atoms with E-state index in [2.05, 4.69) is 31.1 Å². The van der Waals surface area contributed by atoms with Crippen molar-refractivity contribution in [2.75, 3.05) is 33.2 Å². The van der Waals surface area contributed by atoms with Gasteiger partial charge in [-0.3, -0.25) is 0 Å². The summed E-state index contributed by atoms with van der Waals surface area (Å²) < 4.78 is 0. The zero-order chi connectivity index (χ0) is 12.0. The molecule has 3 nitrogen and oxygen atoms in total. The van der Waals surface area contributed by atoms with Crippen LogP contribution in [0.5, 0.6) is 0 Å². The predicted molar refractivity (Wildman–Crippen MR) is 70.6 cm³/mol. The molecule has 16 heavy (non-hydrogen) atoms. The molecule has 1 rings (SSSR count). The number of nitrogens with one attached hydrogen (secondary N) is 1. The minimum atomic E-state index is -0.0297. The Kier molecular flexibility index (Phi) is 5.73. The first-order valence-electron chi connectivity index (χ1n) is 6.65. The number of hydrogen-bond acceptors (Lipinski definition) is 3. The van der Waals surface area contributed by atoms with Gasteiger partial charge in [-0.15, -0.1) is 0 Å². The van der Waals surface area contributed by atoms with Gasteiger partial charge in [-0.25, -0.2) is 0 Å². The Morgan fingerprint density at radius 1 is 1.38 bits per heavy atom. The lowest BCUT2D eigenvalue weighted by Gasteiger charge is -2.29. The maximum atomic E-state index is 5.93. The van der Waals surface area contributed by atoms with E-state index in [0.29, 0.717) is 0 Å². The maximum absolute atomic E-state index is 5.93. The summed E-state index contributed by atoms with van der Waals surface area (Å²) in [6.07, 6.45) is 5.15. The standard InChI is InChI=1S/C13H29N3/c1-13(2,14)7-9-15-8-6-12-5-4-10-16(3)11-12/h12,15H,4-11,14H2,1-3H3. The third kappa shape index (κ3) is 6.46. The van der Waals surface area contributed by atoms with Crippen molar-refractivity contribution < 1.29 is 0 Å². The fraction of sp³-hybridized carbons (Fsp3) is 1.00. The zero-order valence-corrected chi connectivity index (χ0v) is 11.3. The van der Waals surface area contributed by atoms with Gasteiger partial charge in [-0.05, 0) is 72.1 Å². The van der Waals surface area contributed by atoms with Gasteiger partial charge >= 0.3 is 0 Å². The molecule has 0 aromatic rings. The molecular formula is C13H29N3. The topological polar surface area (TPSA) is 41.3 Å². The van der Waals surface area contributed by atoms with Crippen molar-refractivity contribution in [3.63, 3.8) is 0 Å². The second kappa shape index (κ2) is 6.58. The first-order chi connectivity index (χ1) is 7.47. The summed E-state index contributed by atoms with van der Waals surface area (Å²) >= 11 is 0. The van der Waals surface area contributed by atoms with Crippen LogP contribution >= 0.6 is 0 Å². The molecule has 1 fully saturated rings. The van der Waals surface area contributed by atoms with E-state index in [0.717, 1.165) is 25.4 Å². The van der Waals surface area contributed by atoms with Gasteiger partial charge in [0.25, 0.3) is 0 Å². The van der Waals surface area contributed by atoms with Gasteiger partial charge in [-0.2, -0.15) is 0 Å². The molecule has 0 amide bonds. The highest BCUT2D eigenvalue weighted by molar-refractivity contribution is 4.74. The molecular weight excluding hydrogens is 198 g/mol. The molecule has 3 heteroatoms. The van der Waals surface area contributed by atoms with Crippen LogP contribution in [-0.4, -0.2) is 43.7 Å². The van der Waals surface area contributed by atoms with Crippen LogP contribution in [0, 0.1) is 5.92 Å². The summed E-state index contributed by atoms with van der Waals surface area (Å²) in [5, 5.41) is 3.51. The summed E-state index contributed by atoms with van der Waals surface area (Å²) in [5.41, 5.74) is 5.90. The van der Waals surface area contributed by atoms with Crippen LogP contribution in [0.15, 0.2) is 0 Å². The van der Waals surface area contributed by atoms with E-state index in [4.69, 9.17) is 5.73 Å². The molecule has 1 heterocycles. The third-order valence-corrected chi connectivity index (χ3v) is 3.40. The van der Waals surface area contributed by atoms with Crippen LogP contribution < -0.4 is 11.1 Å². The van der Waals surface area contributed by atoms with Gasteiger partial charge in [-0.1, -0.05) is 0 Å². The van der Waals surface area contributed by atoms with Crippen LogP contribution in [0.1, 0.15) is 39.5 Å². The second-order valence-corrected chi connectivity index (χ2v) is 6.05. The van der Waals surface area contributed by atoms with E-state index in [-0.39, 0.29) is 5.54 Å². The SMILES string of the molecule is CN1CCCC(CCNCCC(C)(C)N)C1. The van der Waals surface area contributed by atoms with Crippen molar-refractivity contribution in [2.45, 2.75) is 45.1 Å². The summed E-state index contributed by atoms with van der Waals surface area (Å²) in [6.45, 7) is 8.94. The molecule has 0 spiro atoms. The average Bonchev–Trinajstić information content (AvgIpc) is 2.15. The van der Waals surface area contributed by atoms with Crippen molar-refractivity contribution in [1.82, 2.24) is 10.2 Å². The molecule has 0 saturated carbocycles. The van der Waals surface area contributed by atoms with Gasteiger partial charge in [0, 0.05) is 12.1 Å². The molecule has 1 aliphatic rings. The Morgan fingerprint density at radius 2 is 2.12 bits per heavy atom. The second-order valence-electron chi connectivity index (χ2n) is 6.05. The summed E-state index contributed by atoms with van der Waals surface area (Å²) in [6, 6.07) is 0. The van der Waals surface area contributed by atoms with Crippen LogP contribution in [0.3, 0.4) is 0 Å². The number of piperidine rings is 1. The molecule has 0 aromatic carbocycles. The van der Waals surface area contributed by atoms with Gasteiger partial charge in [0.05, 0.1) is 0 Å². The first-order valence-corrected chi connectivity index (χ1v) is 6.65. The van der Waals surface area contributed by atoms with Crippen LogP contribution in [0.25, 0.3) is 0 Å². The predicted octanol–water partition coefficient (Wildman–Crippen LogP) is 1.44. The average molecular weight is 227 g/mol. The van der Waals surface area contributed by atoms with E-state index >= 15 is 0 Å². The van der Waals surface area contributed by atoms with E-state index in [1.165, 1.54) is 32.4 Å². The number of hydrogen-bond donors (Lipinski definition) is 2. The molecule has 0 aliphatic carbocycles. The number of nitrogens with zero attached hydrogens (tertiary/aromatic N) is 1. The molecule has 3 N–H and O–H groups in total. The van der Waals surface area contributed by atoms with E-state index < -0.39 is 0 Å². The van der Waals surface area contributed by atoms with Gasteiger partial charge in [0.1, 0.15) is 0 Å². The highest BCUT2D eigenvalue weighted by Gasteiger charge is 2.16. The number of likely N-dealkylation sites (tertiary alicyclic amines) is 1. The van der Waals surface area contributed by atoms with Crippen LogP contribution in [0.4, 0.5) is 0 Å². The minimum Gasteiger partial charge on any atom is -0.326 e. The van der Waals surface area contributed by atoms with Crippen LogP contribution in [0.2, 0.25) is 0 Å². The highest BCUT2D eigenvalue weighted by atomic mass is 15.1. The lowest BCUT2D eigenvalue weighted by molar-refractivity contribution is 0.201. The lowest BCUT2D eigenvalue weighted by atomic mass is 9.95. The van der Waals surface area contributed by atoms with E-state index in [1.807, 2.05) is 0 Å². The monoisotopic (exact) mass is 227 g/mol. The van der Waals surface area contributed by atoms with Crippen LogP contribution in [-0.2, 0) is 0 Å². The Labute approximate surface area is 101 Å². The summed E-state index contributed by atoms with van der Waals surface area (Å²) in [7, 11) is 2.23. The number of nitrogens with two attached hydrogens (primary N) is 1. The van der Waals surface area contributed by atoms with Gasteiger partial charge < -0.3 is 16.0 Å². The van der Waals surface area contributed by atoms with Crippen molar-refractivity contribution in [2.24, 2.45) is 11.7 Å². The Hall–Kier alpha value is -0.120. The van der Waals surface area contributed by atoms with Crippen molar-refractivity contribution in [1.29, 1.82) is 0 Å². The summed E-state index contributed by atoms with van der Waals surface area (Å²) in [5.74, 6) is 0.900. The lowest BCUT2D eigenvalue weighted by Crippen LogP contribution is -2.37. The molecule has 1 atom stereocenters. The largest absolute Gasteiger partial charge is 0.326 e. The molecule has 1 saturated heterocycles. The highest BCUT2D eigenvalue weighted by Crippen LogP contribution is 2.17. The Balaban J connectivity index is 1.98. The Bertz CT molecular complexity index is 186. The first kappa shape index (κ1) is 13.9. The molecule has 1 unspecified atom stereocenters. The fourth-order valence-corrected chi connectivity index (χ4v) is 2.35. The quantitative estimate of drug-likeness (QED) is 0.675. The molecule has 0 aromatic heterocycles. The van der Waals surface area contributed by atoms with Gasteiger partial charge in [0.15, 0.2) is 0 Å². The summed E-state index contributed by atoms with van der Waals surface area (Å²) in [4.78, 5) is 2.46. The van der Waals surface area contributed by atoms with Gasteiger partial charge in [0.2, 0.25) is 0 Å². The van der Waals surface area contributed by atoms with E-state index in [1.54, 1.807) is 0 Å². The van der Waals surface area contributed by atoms with Crippen molar-refractivity contribution in [3.8, 4) is 0 Å². The molecule has 96 valence electrons. The third-order valence-electron chi connectivity index (χ3n) is 3.40. The minimum absolute atomic E-state index is 0.0297. The number of rotatable bonds is 6. The van der Waals surface area contributed by atoms with E-state index in [9.17, 15) is 0 Å². The van der Waals surface area contributed by atoms with Crippen molar-refractivity contribution >= 4 is 0 Å². The normalized spacial score (nSPS) is 23.6. The zero-order valence-electron chi connectivity index (χ0n) is 11.3. The maximum Gasteiger partial charge on any atom is 0.0109 e. The Morgan fingerprint density at radius 3 is 2.75 bits per heavy atom. The molecule has 1 aliphatic heterocycles. The molecule has 0 bridgehead atoms. The smallest absolute Gasteiger partial charge is 0.0109 e. The fourth-order valence-electron chi connectivity index (χ4n) is 2.35. The van der Waals surface area contributed by atoms with Crippen molar-refractivity contribution in [3.05, 3.63) is 0 Å². The molecule has 0 radical (unpaired) electrons.